The van der Waals surface area contributed by atoms with Gasteiger partial charge in [0.2, 0.25) is 0 Å². The zero-order chi connectivity index (χ0) is 18.5. The standard InChI is InChI=1S/C19H22N2O3S2/c1-12-18(25-17(20-12)10-13-5-6-13)19(22)21-9-3-4-14-11-15(26(2,23)24)7-8-16(14)21/h7-8,11,13H,3-6,9-10H2,1-2H3. The van der Waals surface area contributed by atoms with E-state index in [9.17, 15) is 13.2 Å². The number of thiazole rings is 1. The van der Waals surface area contributed by atoms with E-state index in [0.29, 0.717) is 16.3 Å². The third-order valence-electron chi connectivity index (χ3n) is 5.04. The lowest BCUT2D eigenvalue weighted by molar-refractivity contribution is 0.0988. The van der Waals surface area contributed by atoms with Gasteiger partial charge < -0.3 is 4.90 Å². The molecule has 2 heterocycles. The summed E-state index contributed by atoms with van der Waals surface area (Å²) in [6.45, 7) is 2.55. The Balaban J connectivity index is 1.65. The van der Waals surface area contributed by atoms with Crippen molar-refractivity contribution in [3.63, 3.8) is 0 Å². The fourth-order valence-electron chi connectivity index (χ4n) is 3.44. The Morgan fingerprint density at radius 3 is 2.81 bits per heavy atom. The highest BCUT2D eigenvalue weighted by Crippen LogP contribution is 2.36. The molecule has 5 nitrogen and oxygen atoms in total. The van der Waals surface area contributed by atoms with Crippen molar-refractivity contribution in [3.8, 4) is 0 Å². The monoisotopic (exact) mass is 390 g/mol. The lowest BCUT2D eigenvalue weighted by atomic mass is 10.0. The molecule has 0 bridgehead atoms. The van der Waals surface area contributed by atoms with Gasteiger partial charge in [-0.05, 0) is 62.3 Å². The fraction of sp³-hybridized carbons (Fsp3) is 0.474. The molecule has 1 aromatic heterocycles. The molecule has 2 aliphatic rings. The van der Waals surface area contributed by atoms with E-state index in [1.165, 1.54) is 30.4 Å². The van der Waals surface area contributed by atoms with Crippen LogP contribution in [0.1, 0.15) is 45.2 Å². The van der Waals surface area contributed by atoms with Crippen molar-refractivity contribution in [1.29, 1.82) is 0 Å². The minimum absolute atomic E-state index is 0.0184. The van der Waals surface area contributed by atoms with E-state index >= 15 is 0 Å². The van der Waals surface area contributed by atoms with E-state index < -0.39 is 9.84 Å². The second-order valence-corrected chi connectivity index (χ2v) is 10.4. The van der Waals surface area contributed by atoms with Crippen molar-refractivity contribution in [2.24, 2.45) is 5.92 Å². The molecule has 1 fully saturated rings. The minimum Gasteiger partial charge on any atom is -0.307 e. The van der Waals surface area contributed by atoms with Gasteiger partial charge >= 0.3 is 0 Å². The van der Waals surface area contributed by atoms with Crippen LogP contribution in [-0.4, -0.2) is 32.1 Å². The van der Waals surface area contributed by atoms with Gasteiger partial charge in [-0.1, -0.05) is 0 Å². The number of anilines is 1. The summed E-state index contributed by atoms with van der Waals surface area (Å²) in [7, 11) is -3.25. The highest BCUT2D eigenvalue weighted by molar-refractivity contribution is 7.90. The predicted octanol–water partition coefficient (Wildman–Crippen LogP) is 3.40. The van der Waals surface area contributed by atoms with Gasteiger partial charge in [0.25, 0.3) is 5.91 Å². The van der Waals surface area contributed by atoms with Crippen molar-refractivity contribution >= 4 is 32.8 Å². The van der Waals surface area contributed by atoms with Crippen molar-refractivity contribution in [1.82, 2.24) is 4.98 Å². The quantitative estimate of drug-likeness (QED) is 0.802. The first kappa shape index (κ1) is 17.7. The molecule has 0 unspecified atom stereocenters. The number of carbonyl (C=O) groups is 1. The van der Waals surface area contributed by atoms with Crippen LogP contribution in [0.5, 0.6) is 0 Å². The average Bonchev–Trinajstić information content (AvgIpc) is 3.33. The smallest absolute Gasteiger partial charge is 0.270 e. The van der Waals surface area contributed by atoms with Gasteiger partial charge in [0.15, 0.2) is 9.84 Å². The van der Waals surface area contributed by atoms with Crippen molar-refractivity contribution in [3.05, 3.63) is 39.3 Å². The summed E-state index contributed by atoms with van der Waals surface area (Å²) in [6.07, 6.45) is 6.35. The molecule has 1 aromatic carbocycles. The number of benzene rings is 1. The fourth-order valence-corrected chi connectivity index (χ4v) is 5.24. The molecule has 1 aliphatic carbocycles. The lowest BCUT2D eigenvalue weighted by Gasteiger charge is -2.29. The van der Waals surface area contributed by atoms with Gasteiger partial charge in [-0.25, -0.2) is 13.4 Å². The molecular formula is C19H22N2O3S2. The Kier molecular flexibility index (Phi) is 4.39. The Morgan fingerprint density at radius 1 is 1.35 bits per heavy atom. The Hall–Kier alpha value is -1.73. The average molecular weight is 391 g/mol. The van der Waals surface area contributed by atoms with E-state index in [1.807, 2.05) is 6.92 Å². The molecular weight excluding hydrogens is 368 g/mol. The number of rotatable bonds is 4. The number of amides is 1. The van der Waals surface area contributed by atoms with Crippen LogP contribution in [0.4, 0.5) is 5.69 Å². The van der Waals surface area contributed by atoms with Crippen LogP contribution < -0.4 is 4.90 Å². The Bertz CT molecular complexity index is 975. The molecule has 0 atom stereocenters. The number of nitrogens with zero attached hydrogens (tertiary/aromatic N) is 2. The highest BCUT2D eigenvalue weighted by atomic mass is 32.2. The van der Waals surface area contributed by atoms with Crippen LogP contribution in [0, 0.1) is 12.8 Å². The molecule has 2 aromatic rings. The number of hydrogen-bond acceptors (Lipinski definition) is 5. The summed E-state index contributed by atoms with van der Waals surface area (Å²) < 4.78 is 23.6. The highest BCUT2D eigenvalue weighted by Gasteiger charge is 2.29. The first-order valence-corrected chi connectivity index (χ1v) is 11.6. The maximum absolute atomic E-state index is 13.2. The van der Waals surface area contributed by atoms with Crippen molar-refractivity contribution in [2.45, 2.75) is 43.9 Å². The first-order valence-electron chi connectivity index (χ1n) is 8.94. The van der Waals surface area contributed by atoms with Crippen LogP contribution in [0.25, 0.3) is 0 Å². The van der Waals surface area contributed by atoms with Crippen LogP contribution in [0.3, 0.4) is 0 Å². The third-order valence-corrected chi connectivity index (χ3v) is 7.32. The van der Waals surface area contributed by atoms with Gasteiger partial charge in [-0.2, -0.15) is 0 Å². The van der Waals surface area contributed by atoms with Gasteiger partial charge in [-0.3, -0.25) is 4.79 Å². The predicted molar refractivity (Wildman–Crippen MR) is 103 cm³/mol. The van der Waals surface area contributed by atoms with Crippen LogP contribution in [-0.2, 0) is 22.7 Å². The number of fused-ring (bicyclic) bond motifs is 1. The van der Waals surface area contributed by atoms with Crippen molar-refractivity contribution in [2.75, 3.05) is 17.7 Å². The summed E-state index contributed by atoms with van der Waals surface area (Å²) in [5, 5.41) is 1.05. The zero-order valence-electron chi connectivity index (χ0n) is 15.0. The maximum atomic E-state index is 13.2. The van der Waals surface area contributed by atoms with Crippen molar-refractivity contribution < 1.29 is 13.2 Å². The molecule has 138 valence electrons. The third kappa shape index (κ3) is 3.42. The van der Waals surface area contributed by atoms with Gasteiger partial charge in [0.05, 0.1) is 15.6 Å². The number of hydrogen-bond donors (Lipinski definition) is 0. The number of aromatic nitrogens is 1. The van der Waals surface area contributed by atoms with Crippen LogP contribution in [0.15, 0.2) is 23.1 Å². The SMILES string of the molecule is Cc1nc(CC2CC2)sc1C(=O)N1CCCc2cc(S(C)(=O)=O)ccc21. The van der Waals surface area contributed by atoms with Gasteiger partial charge in [0.1, 0.15) is 4.88 Å². The summed E-state index contributed by atoms with van der Waals surface area (Å²) in [4.78, 5) is 20.6. The molecule has 7 heteroatoms. The van der Waals surface area contributed by atoms with E-state index in [1.54, 1.807) is 23.1 Å². The topological polar surface area (TPSA) is 67.3 Å². The number of carbonyl (C=O) groups excluding carboxylic acids is 1. The summed E-state index contributed by atoms with van der Waals surface area (Å²) in [6, 6.07) is 5.07. The summed E-state index contributed by atoms with van der Waals surface area (Å²) in [5.41, 5.74) is 2.55. The number of aryl methyl sites for hydroxylation is 2. The van der Waals surface area contributed by atoms with E-state index in [2.05, 4.69) is 4.98 Å². The van der Waals surface area contributed by atoms with E-state index in [-0.39, 0.29) is 5.91 Å². The Morgan fingerprint density at radius 2 is 2.12 bits per heavy atom. The second kappa shape index (κ2) is 6.46. The normalized spacial score (nSPS) is 17.2. The molecule has 1 aliphatic heterocycles. The van der Waals surface area contributed by atoms with E-state index in [4.69, 9.17) is 0 Å². The van der Waals surface area contributed by atoms with E-state index in [0.717, 1.165) is 47.1 Å². The molecule has 0 radical (unpaired) electrons. The zero-order valence-corrected chi connectivity index (χ0v) is 16.6. The molecule has 0 saturated heterocycles. The largest absolute Gasteiger partial charge is 0.307 e. The maximum Gasteiger partial charge on any atom is 0.270 e. The summed E-state index contributed by atoms with van der Waals surface area (Å²) >= 11 is 1.51. The van der Waals surface area contributed by atoms with Crippen LogP contribution >= 0.6 is 11.3 Å². The molecule has 4 rings (SSSR count). The van der Waals surface area contributed by atoms with Gasteiger partial charge in [-0.15, -0.1) is 11.3 Å². The van der Waals surface area contributed by atoms with Gasteiger partial charge in [0, 0.05) is 24.9 Å². The van der Waals surface area contributed by atoms with Crippen LogP contribution in [0.2, 0.25) is 0 Å². The minimum atomic E-state index is -3.25. The first-order chi connectivity index (χ1) is 12.3. The molecule has 1 amide bonds. The molecule has 0 spiro atoms. The molecule has 1 saturated carbocycles. The number of sulfone groups is 1. The summed E-state index contributed by atoms with van der Waals surface area (Å²) in [5.74, 6) is 0.726. The molecule has 26 heavy (non-hydrogen) atoms. The molecule has 0 N–H and O–H groups in total. The Labute approximate surface area is 158 Å². The second-order valence-electron chi connectivity index (χ2n) is 7.29. The lowest BCUT2D eigenvalue weighted by Crippen LogP contribution is -2.35.